The van der Waals surface area contributed by atoms with Crippen molar-refractivity contribution in [1.82, 2.24) is 5.32 Å². The molecule has 3 aliphatic rings. The van der Waals surface area contributed by atoms with E-state index in [2.05, 4.69) is 33.4 Å². The van der Waals surface area contributed by atoms with E-state index in [1.54, 1.807) is 0 Å². The number of rotatable bonds is 4. The summed E-state index contributed by atoms with van der Waals surface area (Å²) in [5.74, 6) is 3.79. The monoisotopic (exact) mass is 333 g/mol. The first kappa shape index (κ1) is 12.9. The molecule has 0 saturated heterocycles. The molecule has 1 aromatic rings. The Hall–Kier alpha value is -0.830. The maximum atomic E-state index is 12.5. The molecular weight excluding hydrogens is 314 g/mol. The Kier molecular flexibility index (Phi) is 3.13. The smallest absolute Gasteiger partial charge is 0.224 e. The summed E-state index contributed by atoms with van der Waals surface area (Å²) in [6.07, 6.45) is 4.14. The largest absolute Gasteiger partial charge is 0.348 e. The van der Waals surface area contributed by atoms with E-state index < -0.39 is 0 Å². The predicted octanol–water partition coefficient (Wildman–Crippen LogP) is 3.53. The van der Waals surface area contributed by atoms with Gasteiger partial charge in [-0.2, -0.15) is 0 Å². The fourth-order valence-corrected chi connectivity index (χ4v) is 5.38. The maximum absolute atomic E-state index is 12.5. The summed E-state index contributed by atoms with van der Waals surface area (Å²) in [7, 11) is 0. The van der Waals surface area contributed by atoms with Gasteiger partial charge < -0.3 is 5.32 Å². The number of benzene rings is 1. The average molecular weight is 334 g/mol. The fourth-order valence-electron chi connectivity index (χ4n) is 4.84. The molecule has 0 aromatic heterocycles. The molecule has 0 radical (unpaired) electrons. The third-order valence-electron chi connectivity index (χ3n) is 5.71. The summed E-state index contributed by atoms with van der Waals surface area (Å²) < 4.78 is 0. The van der Waals surface area contributed by atoms with Gasteiger partial charge in [0.25, 0.3) is 0 Å². The van der Waals surface area contributed by atoms with E-state index in [1.807, 2.05) is 18.2 Å². The quantitative estimate of drug-likeness (QED) is 0.839. The molecule has 0 aliphatic heterocycles. The second kappa shape index (κ2) is 4.87. The molecule has 3 saturated carbocycles. The van der Waals surface area contributed by atoms with E-state index in [4.69, 9.17) is 0 Å². The van der Waals surface area contributed by atoms with Crippen molar-refractivity contribution in [2.24, 2.45) is 29.6 Å². The minimum Gasteiger partial charge on any atom is -0.348 e. The highest BCUT2D eigenvalue weighted by Crippen LogP contribution is 2.69. The van der Waals surface area contributed by atoms with Gasteiger partial charge in [-0.25, -0.2) is 0 Å². The third-order valence-corrected chi connectivity index (χ3v) is 6.36. The molecule has 0 heterocycles. The summed E-state index contributed by atoms with van der Waals surface area (Å²) in [5, 5.41) is 4.03. The van der Waals surface area contributed by atoms with Gasteiger partial charge in [0.05, 0.1) is 6.04 Å². The number of carbonyl (C=O) groups excluding carboxylic acids is 1. The third kappa shape index (κ3) is 1.93. The van der Waals surface area contributed by atoms with Gasteiger partial charge in [0.15, 0.2) is 0 Å². The maximum Gasteiger partial charge on any atom is 0.224 e. The van der Waals surface area contributed by atoms with Crippen LogP contribution in [0, 0.1) is 29.6 Å². The van der Waals surface area contributed by atoms with Crippen LogP contribution in [0.4, 0.5) is 0 Å². The van der Waals surface area contributed by atoms with Crippen molar-refractivity contribution in [2.75, 3.05) is 5.33 Å². The van der Waals surface area contributed by atoms with E-state index >= 15 is 0 Å². The Labute approximate surface area is 128 Å². The standard InChI is InChI=1S/C17H20BrNO/c18-9-13(10-4-2-1-3-5-10)19-17(20)16-14-11-6-7-12(8-11)15(14)16/h1-5,11-16H,6-9H2,(H,19,20). The molecule has 106 valence electrons. The number of hydrogen-bond acceptors (Lipinski definition) is 1. The number of halogens is 1. The summed E-state index contributed by atoms with van der Waals surface area (Å²) in [6.45, 7) is 0. The number of amides is 1. The molecule has 3 heteroatoms. The van der Waals surface area contributed by atoms with E-state index in [9.17, 15) is 4.79 Å². The van der Waals surface area contributed by atoms with Crippen LogP contribution >= 0.6 is 15.9 Å². The molecule has 1 aromatic carbocycles. The summed E-state index contributed by atoms with van der Waals surface area (Å²) in [6, 6.07) is 10.3. The number of fused-ring (bicyclic) bond motifs is 5. The van der Waals surface area contributed by atoms with Gasteiger partial charge in [0.1, 0.15) is 0 Å². The highest BCUT2D eigenvalue weighted by molar-refractivity contribution is 9.09. The molecule has 20 heavy (non-hydrogen) atoms. The lowest BCUT2D eigenvalue weighted by molar-refractivity contribution is -0.123. The molecule has 0 spiro atoms. The topological polar surface area (TPSA) is 29.1 Å². The second-order valence-corrected chi connectivity index (χ2v) is 7.29. The zero-order valence-corrected chi connectivity index (χ0v) is 13.1. The van der Waals surface area contributed by atoms with E-state index in [1.165, 1.54) is 24.8 Å². The SMILES string of the molecule is O=C(NC(CBr)c1ccccc1)C1C2C3CCC(C3)C12. The Bertz CT molecular complexity index is 501. The normalized spacial score (nSPS) is 38.4. The van der Waals surface area contributed by atoms with Gasteiger partial charge in [0.2, 0.25) is 5.91 Å². The molecule has 4 rings (SSSR count). The number of carbonyl (C=O) groups is 1. The lowest BCUT2D eigenvalue weighted by atomic mass is 10.0. The highest BCUT2D eigenvalue weighted by Gasteiger charge is 2.67. The van der Waals surface area contributed by atoms with Crippen molar-refractivity contribution in [3.05, 3.63) is 35.9 Å². The van der Waals surface area contributed by atoms with E-state index in [0.717, 1.165) is 29.0 Å². The van der Waals surface area contributed by atoms with Crippen LogP contribution < -0.4 is 5.32 Å². The van der Waals surface area contributed by atoms with Gasteiger partial charge >= 0.3 is 0 Å². The molecule has 2 bridgehead atoms. The minimum absolute atomic E-state index is 0.0997. The lowest BCUT2D eigenvalue weighted by Gasteiger charge is -2.18. The Morgan fingerprint density at radius 2 is 1.85 bits per heavy atom. The van der Waals surface area contributed by atoms with Crippen molar-refractivity contribution >= 4 is 21.8 Å². The minimum atomic E-state index is 0.0997. The Morgan fingerprint density at radius 1 is 1.20 bits per heavy atom. The average Bonchev–Trinajstić information content (AvgIpc) is 2.94. The predicted molar refractivity (Wildman–Crippen MR) is 82.4 cm³/mol. The van der Waals surface area contributed by atoms with Crippen LogP contribution in [-0.4, -0.2) is 11.2 Å². The van der Waals surface area contributed by atoms with Crippen LogP contribution in [-0.2, 0) is 4.79 Å². The van der Waals surface area contributed by atoms with Gasteiger partial charge in [-0.1, -0.05) is 46.3 Å². The van der Waals surface area contributed by atoms with Crippen molar-refractivity contribution in [3.8, 4) is 0 Å². The van der Waals surface area contributed by atoms with Gasteiger partial charge in [0, 0.05) is 11.2 Å². The number of hydrogen-bond donors (Lipinski definition) is 1. The number of nitrogens with one attached hydrogen (secondary N) is 1. The van der Waals surface area contributed by atoms with Crippen LogP contribution in [0.5, 0.6) is 0 Å². The highest BCUT2D eigenvalue weighted by atomic mass is 79.9. The first-order valence-corrected chi connectivity index (χ1v) is 8.83. The summed E-state index contributed by atoms with van der Waals surface area (Å²) in [5.41, 5.74) is 1.19. The zero-order valence-electron chi connectivity index (χ0n) is 11.5. The van der Waals surface area contributed by atoms with Crippen molar-refractivity contribution in [2.45, 2.75) is 25.3 Å². The van der Waals surface area contributed by atoms with Crippen LogP contribution in [0.2, 0.25) is 0 Å². The van der Waals surface area contributed by atoms with Gasteiger partial charge in [-0.05, 0) is 48.5 Å². The molecule has 3 fully saturated rings. The Morgan fingerprint density at radius 3 is 2.45 bits per heavy atom. The van der Waals surface area contributed by atoms with Crippen LogP contribution in [0.15, 0.2) is 30.3 Å². The van der Waals surface area contributed by atoms with Gasteiger partial charge in [-0.15, -0.1) is 0 Å². The van der Waals surface area contributed by atoms with Crippen molar-refractivity contribution < 1.29 is 4.79 Å². The van der Waals surface area contributed by atoms with E-state index in [0.29, 0.717) is 11.8 Å². The lowest BCUT2D eigenvalue weighted by Crippen LogP contribution is -2.32. The van der Waals surface area contributed by atoms with Gasteiger partial charge in [-0.3, -0.25) is 4.79 Å². The Balaban J connectivity index is 1.43. The zero-order chi connectivity index (χ0) is 13.7. The van der Waals surface area contributed by atoms with E-state index in [-0.39, 0.29) is 6.04 Å². The first-order valence-electron chi connectivity index (χ1n) is 7.71. The number of alkyl halides is 1. The molecule has 1 amide bonds. The van der Waals surface area contributed by atoms with Crippen molar-refractivity contribution in [1.29, 1.82) is 0 Å². The van der Waals surface area contributed by atoms with Crippen LogP contribution in [0.3, 0.4) is 0 Å². The fraction of sp³-hybridized carbons (Fsp3) is 0.588. The van der Waals surface area contributed by atoms with Crippen molar-refractivity contribution in [3.63, 3.8) is 0 Å². The molecule has 5 unspecified atom stereocenters. The second-order valence-electron chi connectivity index (χ2n) is 6.64. The molecular formula is C17H20BrNO. The first-order chi connectivity index (χ1) is 9.79. The molecule has 5 atom stereocenters. The van der Waals surface area contributed by atoms with Crippen LogP contribution in [0.1, 0.15) is 30.9 Å². The van der Waals surface area contributed by atoms with Crippen LogP contribution in [0.25, 0.3) is 0 Å². The molecule has 3 aliphatic carbocycles. The summed E-state index contributed by atoms with van der Waals surface area (Å²) >= 11 is 3.53. The molecule has 1 N–H and O–H groups in total. The summed E-state index contributed by atoms with van der Waals surface area (Å²) in [4.78, 5) is 12.5. The molecule has 2 nitrogen and oxygen atoms in total.